The number of imidazole rings is 1. The molecule has 2 rings (SSSR count). The average molecular weight is 244 g/mol. The Kier molecular flexibility index (Phi) is 2.64. The summed E-state index contributed by atoms with van der Waals surface area (Å²) >= 11 is 0.930. The molecule has 2 aromatic heterocycles. The van der Waals surface area contributed by atoms with Crippen LogP contribution in [0, 0.1) is 0 Å². The van der Waals surface area contributed by atoms with E-state index in [1.807, 2.05) is 0 Å². The van der Waals surface area contributed by atoms with Crippen LogP contribution in [0.5, 0.6) is 0 Å². The molecule has 0 bridgehead atoms. The number of alkyl halides is 3. The van der Waals surface area contributed by atoms with Gasteiger partial charge in [-0.2, -0.15) is 13.2 Å². The number of rotatable bonds is 0. The molecule has 0 saturated heterocycles. The first-order valence-corrected chi connectivity index (χ1v) is 4.15. The van der Waals surface area contributed by atoms with Crippen molar-refractivity contribution in [1.82, 2.24) is 9.38 Å². The number of anilines is 1. The highest BCUT2D eigenvalue weighted by Crippen LogP contribution is 2.34. The maximum absolute atomic E-state index is 12.3. The van der Waals surface area contributed by atoms with E-state index in [9.17, 15) is 13.2 Å². The first kappa shape index (κ1) is 11.1. The normalized spacial score (nSPS) is 11.6. The highest BCUT2D eigenvalue weighted by atomic mass is 35.5. The van der Waals surface area contributed by atoms with E-state index in [4.69, 9.17) is 5.73 Å². The van der Waals surface area contributed by atoms with E-state index >= 15 is 0 Å². The van der Waals surface area contributed by atoms with Crippen LogP contribution < -0.4 is 5.73 Å². The van der Waals surface area contributed by atoms with Crippen molar-refractivity contribution in [2.45, 2.75) is 6.18 Å². The van der Waals surface area contributed by atoms with Crippen molar-refractivity contribution in [3.63, 3.8) is 0 Å². The van der Waals surface area contributed by atoms with E-state index in [-0.39, 0.29) is 18.2 Å². The number of nitrogens with two attached hydrogens (primary N) is 1. The molecule has 78 valence electrons. The molecular formula is C6H5ClF3N3S. The molecule has 2 N–H and O–H groups in total. The Hall–Kier alpha value is -0.950. The average Bonchev–Trinajstić information content (AvgIpc) is 2.51. The van der Waals surface area contributed by atoms with Crippen LogP contribution in [0.2, 0.25) is 0 Å². The molecule has 14 heavy (non-hydrogen) atoms. The molecule has 0 atom stereocenters. The number of hydrogen-bond acceptors (Lipinski definition) is 3. The van der Waals surface area contributed by atoms with Gasteiger partial charge in [0.1, 0.15) is 16.9 Å². The zero-order valence-corrected chi connectivity index (χ0v) is 8.21. The van der Waals surface area contributed by atoms with Crippen LogP contribution in [0.15, 0.2) is 11.7 Å². The molecule has 0 amide bonds. The molecule has 2 aromatic rings. The number of nitrogens with zero attached hydrogens (tertiary/aromatic N) is 2. The standard InChI is InChI=1S/C6H4F3N3S.ClH/c7-6(8,9)3-1-13-5-4(10)11-2-12(3)5;/h1-2H,10H2;1H. The van der Waals surface area contributed by atoms with Crippen molar-refractivity contribution >= 4 is 34.4 Å². The van der Waals surface area contributed by atoms with Gasteiger partial charge in [-0.25, -0.2) is 4.98 Å². The second-order valence-corrected chi connectivity index (χ2v) is 3.28. The SMILES string of the molecule is Cl.Nc1ncn2c(C(F)(F)F)csc12. The van der Waals surface area contributed by atoms with Crippen LogP contribution in [0.3, 0.4) is 0 Å². The number of halogens is 4. The van der Waals surface area contributed by atoms with Gasteiger partial charge < -0.3 is 5.73 Å². The molecule has 8 heteroatoms. The maximum Gasteiger partial charge on any atom is 0.432 e. The van der Waals surface area contributed by atoms with Crippen molar-refractivity contribution in [1.29, 1.82) is 0 Å². The minimum atomic E-state index is -4.36. The van der Waals surface area contributed by atoms with Gasteiger partial charge in [-0.3, -0.25) is 4.40 Å². The van der Waals surface area contributed by atoms with E-state index in [0.717, 1.165) is 27.4 Å². The van der Waals surface area contributed by atoms with Crippen LogP contribution in [0.25, 0.3) is 4.83 Å². The summed E-state index contributed by atoms with van der Waals surface area (Å²) in [5.74, 6) is 0.125. The number of aromatic nitrogens is 2. The fraction of sp³-hybridized carbons (Fsp3) is 0.167. The molecule has 0 spiro atoms. The van der Waals surface area contributed by atoms with Crippen LogP contribution in [-0.2, 0) is 6.18 Å². The fourth-order valence-electron chi connectivity index (χ4n) is 1.01. The lowest BCUT2D eigenvalue weighted by Gasteiger charge is -2.02. The highest BCUT2D eigenvalue weighted by Gasteiger charge is 2.34. The Morgan fingerprint density at radius 2 is 2.07 bits per heavy atom. The predicted octanol–water partition coefficient (Wildman–Crippen LogP) is 2.42. The van der Waals surface area contributed by atoms with E-state index in [2.05, 4.69) is 4.98 Å². The molecule has 0 aromatic carbocycles. The molecule has 0 aliphatic carbocycles. The van der Waals surface area contributed by atoms with E-state index in [1.54, 1.807) is 0 Å². The smallest absolute Gasteiger partial charge is 0.381 e. The molecule has 0 aliphatic heterocycles. The summed E-state index contributed by atoms with van der Waals surface area (Å²) < 4.78 is 37.8. The lowest BCUT2D eigenvalue weighted by atomic mass is 10.5. The van der Waals surface area contributed by atoms with Crippen LogP contribution >= 0.6 is 23.7 Å². The van der Waals surface area contributed by atoms with Crippen molar-refractivity contribution in [2.24, 2.45) is 0 Å². The third-order valence-electron chi connectivity index (χ3n) is 1.58. The summed E-state index contributed by atoms with van der Waals surface area (Å²) in [6, 6.07) is 0. The van der Waals surface area contributed by atoms with Gasteiger partial charge in [0.05, 0.1) is 0 Å². The Morgan fingerprint density at radius 1 is 1.43 bits per heavy atom. The van der Waals surface area contributed by atoms with Gasteiger partial charge in [-0.15, -0.1) is 23.7 Å². The van der Waals surface area contributed by atoms with Crippen molar-refractivity contribution in [3.8, 4) is 0 Å². The first-order valence-electron chi connectivity index (χ1n) is 3.27. The Labute approximate surface area is 86.8 Å². The molecule has 0 aliphatic rings. The van der Waals surface area contributed by atoms with Gasteiger partial charge in [0.15, 0.2) is 5.82 Å². The lowest BCUT2D eigenvalue weighted by Crippen LogP contribution is -2.07. The molecule has 2 heterocycles. The van der Waals surface area contributed by atoms with Gasteiger partial charge in [-0.1, -0.05) is 0 Å². The maximum atomic E-state index is 12.3. The minimum absolute atomic E-state index is 0. The molecule has 0 saturated carbocycles. The summed E-state index contributed by atoms with van der Waals surface area (Å²) in [4.78, 5) is 3.91. The molecule has 0 radical (unpaired) electrons. The fourth-order valence-corrected chi connectivity index (χ4v) is 1.91. The van der Waals surface area contributed by atoms with Gasteiger partial charge in [0, 0.05) is 5.38 Å². The van der Waals surface area contributed by atoms with Crippen LogP contribution in [0.4, 0.5) is 19.0 Å². The summed E-state index contributed by atoms with van der Waals surface area (Å²) in [5, 5.41) is 1.02. The summed E-state index contributed by atoms with van der Waals surface area (Å²) in [6.45, 7) is 0. The van der Waals surface area contributed by atoms with Crippen molar-refractivity contribution < 1.29 is 13.2 Å². The number of hydrogen-bond donors (Lipinski definition) is 1. The quantitative estimate of drug-likeness (QED) is 0.772. The van der Waals surface area contributed by atoms with Crippen molar-refractivity contribution in [2.75, 3.05) is 5.73 Å². The first-order chi connectivity index (χ1) is 6.00. The number of fused-ring (bicyclic) bond motifs is 1. The second kappa shape index (κ2) is 3.32. The monoisotopic (exact) mass is 243 g/mol. The van der Waals surface area contributed by atoms with E-state index in [0.29, 0.717) is 4.83 Å². The summed E-state index contributed by atoms with van der Waals surface area (Å²) in [6.07, 6.45) is -3.28. The van der Waals surface area contributed by atoms with Gasteiger partial charge in [0.25, 0.3) is 0 Å². The minimum Gasteiger partial charge on any atom is -0.381 e. The van der Waals surface area contributed by atoms with Crippen molar-refractivity contribution in [3.05, 3.63) is 17.4 Å². The largest absolute Gasteiger partial charge is 0.432 e. The predicted molar refractivity (Wildman–Crippen MR) is 49.7 cm³/mol. The van der Waals surface area contributed by atoms with Gasteiger partial charge in [0.2, 0.25) is 0 Å². The Morgan fingerprint density at radius 3 is 2.64 bits per heavy atom. The summed E-state index contributed by atoms with van der Waals surface area (Å²) in [5.41, 5.74) is 4.60. The van der Waals surface area contributed by atoms with E-state index < -0.39 is 11.9 Å². The molecule has 0 unspecified atom stereocenters. The highest BCUT2D eigenvalue weighted by molar-refractivity contribution is 7.16. The number of nitrogen functional groups attached to an aromatic ring is 1. The molecular weight excluding hydrogens is 239 g/mol. The van der Waals surface area contributed by atoms with Crippen LogP contribution in [-0.4, -0.2) is 9.38 Å². The van der Waals surface area contributed by atoms with Gasteiger partial charge in [-0.05, 0) is 0 Å². The van der Waals surface area contributed by atoms with E-state index in [1.165, 1.54) is 0 Å². The Balaban J connectivity index is 0.000000980. The number of thiazole rings is 1. The Bertz CT molecular complexity index is 447. The lowest BCUT2D eigenvalue weighted by molar-refractivity contribution is -0.141. The zero-order valence-electron chi connectivity index (χ0n) is 6.58. The molecule has 0 fully saturated rings. The third-order valence-corrected chi connectivity index (χ3v) is 2.55. The topological polar surface area (TPSA) is 43.3 Å². The zero-order chi connectivity index (χ0) is 9.64. The van der Waals surface area contributed by atoms with Gasteiger partial charge >= 0.3 is 6.18 Å². The molecule has 3 nitrogen and oxygen atoms in total. The van der Waals surface area contributed by atoms with Crippen LogP contribution in [0.1, 0.15) is 5.69 Å². The second-order valence-electron chi connectivity index (χ2n) is 2.42. The third kappa shape index (κ3) is 1.53. The summed E-state index contributed by atoms with van der Waals surface area (Å²) in [7, 11) is 0.